The van der Waals surface area contributed by atoms with Crippen LogP contribution in [-0.2, 0) is 6.42 Å². The van der Waals surface area contributed by atoms with Crippen LogP contribution < -0.4 is 10.3 Å². The lowest BCUT2D eigenvalue weighted by Gasteiger charge is -2.12. The number of benzene rings is 3. The van der Waals surface area contributed by atoms with Gasteiger partial charge in [0.2, 0.25) is 5.75 Å². The van der Waals surface area contributed by atoms with Crippen molar-refractivity contribution in [2.45, 2.75) is 13.3 Å². The molecule has 0 saturated heterocycles. The highest BCUT2D eigenvalue weighted by Gasteiger charge is 2.17. The standard InChI is InChI=1S/C23H18ClNO3/c1-2-14-8-10-15(11-9-14)17-12-18-20(13-19(17)24)25-23(27)22(21(18)26)28-16-6-4-3-5-7-16/h3-13H,2H2,1H3,(H2,25,26,27). The molecule has 1 heterocycles. The van der Waals surface area contributed by atoms with E-state index in [0.717, 1.165) is 17.5 Å². The van der Waals surface area contributed by atoms with Crippen LogP contribution in [0.1, 0.15) is 12.5 Å². The predicted octanol–water partition coefficient (Wildman–Crippen LogP) is 5.91. The fourth-order valence-electron chi connectivity index (χ4n) is 3.12. The molecule has 140 valence electrons. The molecule has 0 radical (unpaired) electrons. The fraction of sp³-hybridized carbons (Fsp3) is 0.0870. The minimum absolute atomic E-state index is 0.145. The number of ether oxygens (including phenoxy) is 1. The average molecular weight is 392 g/mol. The number of para-hydroxylation sites is 1. The van der Waals surface area contributed by atoms with Gasteiger partial charge >= 0.3 is 0 Å². The van der Waals surface area contributed by atoms with Crippen molar-refractivity contribution in [1.82, 2.24) is 4.98 Å². The highest BCUT2D eigenvalue weighted by Crippen LogP contribution is 2.38. The Morgan fingerprint density at radius 1 is 1.04 bits per heavy atom. The highest BCUT2D eigenvalue weighted by molar-refractivity contribution is 6.34. The van der Waals surface area contributed by atoms with Crippen LogP contribution in [0.5, 0.6) is 17.2 Å². The molecule has 4 rings (SSSR count). The first-order chi connectivity index (χ1) is 13.6. The molecule has 0 spiro atoms. The molecule has 0 atom stereocenters. The third-order valence-corrected chi connectivity index (χ3v) is 4.98. The van der Waals surface area contributed by atoms with Crippen LogP contribution in [0, 0.1) is 0 Å². The van der Waals surface area contributed by atoms with Gasteiger partial charge in [0.1, 0.15) is 5.75 Å². The first-order valence-electron chi connectivity index (χ1n) is 8.97. The Morgan fingerprint density at radius 3 is 2.43 bits per heavy atom. The zero-order valence-corrected chi connectivity index (χ0v) is 16.0. The third-order valence-electron chi connectivity index (χ3n) is 4.67. The molecule has 0 unspecified atom stereocenters. The van der Waals surface area contributed by atoms with Crippen LogP contribution in [0.3, 0.4) is 0 Å². The monoisotopic (exact) mass is 391 g/mol. The first-order valence-corrected chi connectivity index (χ1v) is 9.35. The molecule has 0 amide bonds. The Balaban J connectivity index is 1.86. The number of rotatable bonds is 4. The number of fused-ring (bicyclic) bond motifs is 1. The Hall–Kier alpha value is -3.24. The van der Waals surface area contributed by atoms with Crippen LogP contribution in [-0.4, -0.2) is 10.1 Å². The van der Waals surface area contributed by atoms with Crippen molar-refractivity contribution in [2.75, 3.05) is 0 Å². The summed E-state index contributed by atoms with van der Waals surface area (Å²) in [4.78, 5) is 15.1. The summed E-state index contributed by atoms with van der Waals surface area (Å²) in [7, 11) is 0. The second-order valence-electron chi connectivity index (χ2n) is 6.48. The van der Waals surface area contributed by atoms with Crippen molar-refractivity contribution in [1.29, 1.82) is 0 Å². The number of hydrogen-bond acceptors (Lipinski definition) is 3. The van der Waals surface area contributed by atoms with Crippen LogP contribution in [0.15, 0.2) is 71.5 Å². The lowest BCUT2D eigenvalue weighted by atomic mass is 10.0. The van der Waals surface area contributed by atoms with E-state index in [2.05, 4.69) is 11.9 Å². The van der Waals surface area contributed by atoms with E-state index in [0.29, 0.717) is 21.7 Å². The van der Waals surface area contributed by atoms with Crippen molar-refractivity contribution < 1.29 is 9.84 Å². The molecule has 3 aromatic carbocycles. The number of H-pyrrole nitrogens is 1. The van der Waals surface area contributed by atoms with E-state index in [4.69, 9.17) is 16.3 Å². The van der Waals surface area contributed by atoms with E-state index in [-0.39, 0.29) is 11.5 Å². The second kappa shape index (κ2) is 7.41. The topological polar surface area (TPSA) is 62.3 Å². The molecule has 28 heavy (non-hydrogen) atoms. The fourth-order valence-corrected chi connectivity index (χ4v) is 3.40. The number of pyridine rings is 1. The SMILES string of the molecule is CCc1ccc(-c2cc3c(O)c(Oc4ccccc4)c(=O)[nH]c3cc2Cl)cc1. The van der Waals surface area contributed by atoms with E-state index in [1.165, 1.54) is 5.56 Å². The summed E-state index contributed by atoms with van der Waals surface area (Å²) in [5.41, 5.74) is 2.85. The first kappa shape index (κ1) is 18.1. The second-order valence-corrected chi connectivity index (χ2v) is 6.88. The number of hydrogen-bond donors (Lipinski definition) is 2. The van der Waals surface area contributed by atoms with E-state index in [1.807, 2.05) is 30.3 Å². The summed E-state index contributed by atoms with van der Waals surface area (Å²) in [6.07, 6.45) is 0.952. The van der Waals surface area contributed by atoms with Gasteiger partial charge in [0.05, 0.1) is 10.5 Å². The Bertz CT molecular complexity index is 1200. The third kappa shape index (κ3) is 3.35. The molecular weight excluding hydrogens is 374 g/mol. The predicted molar refractivity (Wildman–Crippen MR) is 113 cm³/mol. The lowest BCUT2D eigenvalue weighted by molar-refractivity contribution is 0.410. The molecule has 2 N–H and O–H groups in total. The van der Waals surface area contributed by atoms with E-state index < -0.39 is 5.56 Å². The molecule has 0 bridgehead atoms. The largest absolute Gasteiger partial charge is 0.504 e. The minimum Gasteiger partial charge on any atom is -0.504 e. The molecule has 0 aliphatic carbocycles. The van der Waals surface area contributed by atoms with Gasteiger partial charge in [-0.1, -0.05) is 61.0 Å². The average Bonchev–Trinajstić information content (AvgIpc) is 2.72. The van der Waals surface area contributed by atoms with Gasteiger partial charge in [-0.15, -0.1) is 0 Å². The number of aryl methyl sites for hydroxylation is 1. The van der Waals surface area contributed by atoms with Gasteiger partial charge in [0.15, 0.2) is 5.75 Å². The summed E-state index contributed by atoms with van der Waals surface area (Å²) in [5.74, 6) is 0.103. The van der Waals surface area contributed by atoms with Crippen LogP contribution >= 0.6 is 11.6 Å². The molecule has 0 aliphatic heterocycles. The van der Waals surface area contributed by atoms with E-state index >= 15 is 0 Å². The lowest BCUT2D eigenvalue weighted by Crippen LogP contribution is -2.09. The maximum atomic E-state index is 12.4. The van der Waals surface area contributed by atoms with Crippen LogP contribution in [0.25, 0.3) is 22.0 Å². The van der Waals surface area contributed by atoms with Crippen LogP contribution in [0.4, 0.5) is 0 Å². The van der Waals surface area contributed by atoms with Gasteiger partial charge in [-0.05, 0) is 41.8 Å². The van der Waals surface area contributed by atoms with Crippen molar-refractivity contribution in [3.05, 3.63) is 87.7 Å². The zero-order chi connectivity index (χ0) is 19.7. The van der Waals surface area contributed by atoms with Gasteiger partial charge in [-0.25, -0.2) is 0 Å². The maximum Gasteiger partial charge on any atom is 0.295 e. The molecule has 0 aliphatic rings. The molecule has 4 aromatic rings. The van der Waals surface area contributed by atoms with Gasteiger partial charge in [0, 0.05) is 10.9 Å². The number of halogens is 1. The molecule has 4 nitrogen and oxygen atoms in total. The van der Waals surface area contributed by atoms with Gasteiger partial charge in [-0.2, -0.15) is 0 Å². The maximum absolute atomic E-state index is 12.4. The van der Waals surface area contributed by atoms with E-state index in [1.54, 1.807) is 36.4 Å². The summed E-state index contributed by atoms with van der Waals surface area (Å²) in [5, 5.41) is 11.7. The molecule has 0 saturated carbocycles. The number of aromatic hydroxyl groups is 1. The van der Waals surface area contributed by atoms with Crippen molar-refractivity contribution in [3.63, 3.8) is 0 Å². The Labute approximate surface area is 167 Å². The van der Waals surface area contributed by atoms with E-state index in [9.17, 15) is 9.90 Å². The smallest absolute Gasteiger partial charge is 0.295 e. The Kier molecular flexibility index (Phi) is 4.80. The molecule has 1 aromatic heterocycles. The molecule has 0 fully saturated rings. The van der Waals surface area contributed by atoms with Crippen molar-refractivity contribution in [3.8, 4) is 28.4 Å². The normalized spacial score (nSPS) is 10.9. The summed E-state index contributed by atoms with van der Waals surface area (Å²) in [6.45, 7) is 2.10. The zero-order valence-electron chi connectivity index (χ0n) is 15.2. The quantitative estimate of drug-likeness (QED) is 0.454. The summed E-state index contributed by atoms with van der Waals surface area (Å²) >= 11 is 6.45. The van der Waals surface area contributed by atoms with Gasteiger partial charge < -0.3 is 14.8 Å². The number of nitrogens with one attached hydrogen (secondary N) is 1. The van der Waals surface area contributed by atoms with Gasteiger partial charge in [-0.3, -0.25) is 4.79 Å². The summed E-state index contributed by atoms with van der Waals surface area (Å²) in [6, 6.07) is 20.4. The number of aromatic nitrogens is 1. The Morgan fingerprint density at radius 2 is 1.75 bits per heavy atom. The van der Waals surface area contributed by atoms with Crippen LogP contribution in [0.2, 0.25) is 5.02 Å². The number of aromatic amines is 1. The molecular formula is C23H18ClNO3. The highest BCUT2D eigenvalue weighted by atomic mass is 35.5. The molecule has 5 heteroatoms. The minimum atomic E-state index is -0.523. The summed E-state index contributed by atoms with van der Waals surface area (Å²) < 4.78 is 5.63. The van der Waals surface area contributed by atoms with Gasteiger partial charge in [0.25, 0.3) is 5.56 Å². The van der Waals surface area contributed by atoms with Crippen molar-refractivity contribution >= 4 is 22.5 Å². The van der Waals surface area contributed by atoms with Crippen molar-refractivity contribution in [2.24, 2.45) is 0 Å².